The minimum absolute atomic E-state index is 0.0462. The largest absolute Gasteiger partial charge is 0.466 e. The number of allylic oxidation sites excluding steroid dienone is 4. The predicted octanol–water partition coefficient (Wildman–Crippen LogP) is 29.3. The smallest absolute Gasteiger partial charge is 0.339 e. The molecule has 0 fully saturated rings. The number of esters is 9. The van der Waals surface area contributed by atoms with E-state index in [2.05, 4.69) is 58.9 Å². The second kappa shape index (κ2) is 94.2. The van der Waals surface area contributed by atoms with Gasteiger partial charge in [-0.25, -0.2) is 14.4 Å². The second-order valence-electron chi connectivity index (χ2n) is 39.0. The summed E-state index contributed by atoms with van der Waals surface area (Å²) in [5.41, 5.74) is -8.22. The van der Waals surface area contributed by atoms with Crippen molar-refractivity contribution in [3.8, 4) is 0 Å². The van der Waals surface area contributed by atoms with E-state index in [1.807, 2.05) is 0 Å². The highest BCUT2D eigenvalue weighted by molar-refractivity contribution is 5.92. The Labute approximate surface area is 812 Å². The number of hydrogen-bond donors (Lipinski definition) is 3. The summed E-state index contributed by atoms with van der Waals surface area (Å²) in [6, 6.07) is 0. The fourth-order valence-corrected chi connectivity index (χ4v) is 16.8. The predicted molar refractivity (Wildman–Crippen MR) is 539 cm³/mol. The molecule has 5 atom stereocenters. The molecular weight excluding hydrogens is 1680 g/mol. The molecular formula is C112H204O21. The van der Waals surface area contributed by atoms with Crippen molar-refractivity contribution in [3.63, 3.8) is 0 Å². The molecule has 0 heterocycles. The first-order valence-corrected chi connectivity index (χ1v) is 55.6. The SMILES string of the molecule is CCCCCCCC/C=C/CCCCCCCOC(=O)CC(O)(CC(=O)OCC(C)OC(=O)CC(O)(CC(=O)OCC(C)OC(=O)CC(O)(CC(=O)OCCCCCCCCCCCCCCCCCC)C(=O)OCCCCCCCCCCCCCCCCCC)C(=O)OCCCCCCCCCCCCCCCCCC)C(=O)OCCCCCCC/C=C/CCCCCCCC. The van der Waals surface area contributed by atoms with Gasteiger partial charge in [0.25, 0.3) is 0 Å². The number of rotatable bonds is 102. The molecule has 0 bridgehead atoms. The van der Waals surface area contributed by atoms with Gasteiger partial charge in [-0.15, -0.1) is 0 Å². The van der Waals surface area contributed by atoms with E-state index in [0.29, 0.717) is 38.5 Å². The highest BCUT2D eigenvalue weighted by Crippen LogP contribution is 2.28. The molecule has 3 N–H and O–H groups in total. The normalized spacial score (nSPS) is 13.4. The van der Waals surface area contributed by atoms with Crippen LogP contribution in [0.15, 0.2) is 24.3 Å². The number of ether oxygens (including phenoxy) is 9. The van der Waals surface area contributed by atoms with Gasteiger partial charge in [-0.2, -0.15) is 0 Å². The van der Waals surface area contributed by atoms with Crippen molar-refractivity contribution in [2.75, 3.05) is 46.2 Å². The Balaban J connectivity index is 6.23. The maximum Gasteiger partial charge on any atom is 0.339 e. The molecule has 0 aromatic heterocycles. The van der Waals surface area contributed by atoms with Gasteiger partial charge in [-0.3, -0.25) is 28.8 Å². The van der Waals surface area contributed by atoms with Crippen molar-refractivity contribution >= 4 is 53.7 Å². The lowest BCUT2D eigenvalue weighted by molar-refractivity contribution is -0.183. The molecule has 0 rings (SSSR count). The van der Waals surface area contributed by atoms with Crippen molar-refractivity contribution in [3.05, 3.63) is 24.3 Å². The van der Waals surface area contributed by atoms with Crippen LogP contribution in [0.25, 0.3) is 0 Å². The number of hydrogen-bond acceptors (Lipinski definition) is 21. The maximum atomic E-state index is 14.0. The standard InChI is InChI=1S/C112H204O21/c1-8-13-18-23-28-33-38-43-48-53-57-62-67-72-77-82-87-126-102(114)92-111(123,108(120)128-89-84-79-74-69-64-59-54-49-44-39-34-29-24-19-14-9-2)95-105(117)132-100(7)98-131-104(116)94-112(124,109(121)129-90-85-80-75-70-65-60-55-50-45-40-35-30-25-20-15-10-3)96-106(118)133-99(6)97-130-103(115)93-110(122,107(119)127-88-83-78-73-68-63-58-52-47-42-37-32-27-22-17-12-5)91-101(113)125-86-81-76-71-66-61-56-51-46-41-36-31-26-21-16-11-4/h46-47,51-52,99-100,122-124H,8-45,48-50,53-98H2,1-7H3/b51-46+,52-47+. The average molecular weight is 1890 g/mol. The number of unbranched alkanes of at least 4 members (excludes halogenated alkanes) is 67. The molecule has 21 nitrogen and oxygen atoms in total. The Morgan fingerprint density at radius 2 is 0.338 bits per heavy atom. The maximum absolute atomic E-state index is 14.0. The molecule has 0 spiro atoms. The van der Waals surface area contributed by atoms with E-state index in [4.69, 9.17) is 42.6 Å². The summed E-state index contributed by atoms with van der Waals surface area (Å²) in [5, 5.41) is 35.8. The molecule has 133 heavy (non-hydrogen) atoms. The van der Waals surface area contributed by atoms with Crippen LogP contribution in [0.4, 0.5) is 0 Å². The zero-order valence-corrected chi connectivity index (χ0v) is 86.7. The molecule has 0 saturated heterocycles. The summed E-state index contributed by atoms with van der Waals surface area (Å²) >= 11 is 0. The van der Waals surface area contributed by atoms with Crippen molar-refractivity contribution in [2.45, 2.75) is 591 Å². The van der Waals surface area contributed by atoms with Gasteiger partial charge in [0.15, 0.2) is 16.8 Å². The Bertz CT molecular complexity index is 2810. The highest BCUT2D eigenvalue weighted by Gasteiger charge is 2.47. The zero-order valence-electron chi connectivity index (χ0n) is 86.7. The molecule has 0 aliphatic carbocycles. The fourth-order valence-electron chi connectivity index (χ4n) is 16.8. The first-order chi connectivity index (χ1) is 64.6. The number of aliphatic hydroxyl groups is 3. The van der Waals surface area contributed by atoms with Gasteiger partial charge in [0, 0.05) is 0 Å². The first-order valence-electron chi connectivity index (χ1n) is 55.6. The van der Waals surface area contributed by atoms with Crippen LogP contribution < -0.4 is 0 Å². The van der Waals surface area contributed by atoms with Crippen molar-refractivity contribution in [1.82, 2.24) is 0 Å². The van der Waals surface area contributed by atoms with Gasteiger partial charge in [-0.05, 0) is 97.3 Å². The Hall–Kier alpha value is -5.41. The van der Waals surface area contributed by atoms with Crippen LogP contribution in [0, 0.1) is 0 Å². The van der Waals surface area contributed by atoms with E-state index >= 15 is 0 Å². The van der Waals surface area contributed by atoms with Gasteiger partial charge in [0.1, 0.15) is 25.4 Å². The molecule has 778 valence electrons. The van der Waals surface area contributed by atoms with E-state index in [1.165, 1.54) is 296 Å². The third kappa shape index (κ3) is 83.3. The zero-order chi connectivity index (χ0) is 97.6. The lowest BCUT2D eigenvalue weighted by atomic mass is 9.95. The van der Waals surface area contributed by atoms with Crippen LogP contribution in [-0.4, -0.2) is 144 Å². The van der Waals surface area contributed by atoms with Crippen LogP contribution >= 0.6 is 0 Å². The molecule has 0 saturated carbocycles. The quantitative estimate of drug-likeness (QED) is 0.0221. The minimum atomic E-state index is -2.87. The Kier molecular flexibility index (Phi) is 90.4. The van der Waals surface area contributed by atoms with Gasteiger partial charge in [0.05, 0.1) is 71.6 Å². The lowest BCUT2D eigenvalue weighted by Crippen LogP contribution is -2.46. The van der Waals surface area contributed by atoms with Crippen LogP contribution in [-0.2, 0) is 85.8 Å². The van der Waals surface area contributed by atoms with Crippen LogP contribution in [0.1, 0.15) is 562 Å². The molecule has 0 aromatic carbocycles. The van der Waals surface area contributed by atoms with Crippen LogP contribution in [0.2, 0.25) is 0 Å². The minimum Gasteiger partial charge on any atom is -0.466 e. The average Bonchev–Trinajstić information content (AvgIpc) is 0.845. The first kappa shape index (κ1) is 128. The summed E-state index contributed by atoms with van der Waals surface area (Å²) in [6.45, 7) is 12.4. The second-order valence-corrected chi connectivity index (χ2v) is 39.0. The summed E-state index contributed by atoms with van der Waals surface area (Å²) in [4.78, 5) is 123. The third-order valence-electron chi connectivity index (χ3n) is 25.4. The monoisotopic (exact) mass is 1890 g/mol. The molecule has 5 unspecified atom stereocenters. The summed E-state index contributed by atoms with van der Waals surface area (Å²) in [5.74, 6) is -10.2. The van der Waals surface area contributed by atoms with E-state index in [0.717, 1.165) is 154 Å². The lowest BCUT2D eigenvalue weighted by Gasteiger charge is -2.26. The topological polar surface area (TPSA) is 297 Å². The third-order valence-corrected chi connectivity index (χ3v) is 25.4. The fraction of sp³-hybridized carbons (Fsp3) is 0.884. The molecule has 0 radical (unpaired) electrons. The highest BCUT2D eigenvalue weighted by atomic mass is 16.6. The number of carbonyl (C=O) groups is 9. The molecule has 0 aliphatic rings. The van der Waals surface area contributed by atoms with E-state index in [9.17, 15) is 58.5 Å². The molecule has 0 amide bonds. The molecule has 21 heteroatoms. The summed E-state index contributed by atoms with van der Waals surface area (Å²) in [7, 11) is 0. The number of carbonyl (C=O) groups excluding carboxylic acids is 9. The van der Waals surface area contributed by atoms with Crippen LogP contribution in [0.5, 0.6) is 0 Å². The van der Waals surface area contributed by atoms with E-state index in [-0.39, 0.29) is 33.0 Å². The Morgan fingerprint density at radius 1 is 0.195 bits per heavy atom. The summed E-state index contributed by atoms with van der Waals surface area (Å²) in [6.07, 6.45) is 83.9. The summed E-state index contributed by atoms with van der Waals surface area (Å²) < 4.78 is 49.5. The van der Waals surface area contributed by atoms with Crippen molar-refractivity contribution < 1.29 is 101 Å². The Morgan fingerprint density at radius 3 is 0.519 bits per heavy atom. The van der Waals surface area contributed by atoms with Crippen LogP contribution in [0.3, 0.4) is 0 Å². The van der Waals surface area contributed by atoms with Gasteiger partial charge in [-0.1, -0.05) is 451 Å². The van der Waals surface area contributed by atoms with Gasteiger partial charge < -0.3 is 58.0 Å². The van der Waals surface area contributed by atoms with Gasteiger partial charge >= 0.3 is 53.7 Å². The van der Waals surface area contributed by atoms with E-state index in [1.54, 1.807) is 0 Å². The molecule has 0 aliphatic heterocycles. The molecule has 0 aromatic rings. The van der Waals surface area contributed by atoms with E-state index < -0.39 is 134 Å². The van der Waals surface area contributed by atoms with Gasteiger partial charge in [0.2, 0.25) is 0 Å². The van der Waals surface area contributed by atoms with Crippen molar-refractivity contribution in [2.24, 2.45) is 0 Å². The van der Waals surface area contributed by atoms with Crippen molar-refractivity contribution in [1.29, 1.82) is 0 Å².